The predicted molar refractivity (Wildman–Crippen MR) is 107 cm³/mol. The zero-order valence-electron chi connectivity index (χ0n) is 17.1. The number of benzene rings is 1. The highest BCUT2D eigenvalue weighted by Gasteiger charge is 2.32. The second-order valence-electron chi connectivity index (χ2n) is 7.39. The molecular weight excluding hydrogens is 409 g/mol. The number of rotatable bonds is 4. The number of nitrogens with zero attached hydrogens (tertiary/aromatic N) is 4. The largest absolute Gasteiger partial charge is 0.497 e. The molecule has 9 heteroatoms. The maximum Gasteiger partial charge on any atom is 0.416 e. The van der Waals surface area contributed by atoms with Crippen LogP contribution in [0.2, 0.25) is 0 Å². The number of halogens is 3. The van der Waals surface area contributed by atoms with Crippen LogP contribution < -0.4 is 4.74 Å². The van der Waals surface area contributed by atoms with E-state index in [-0.39, 0.29) is 5.91 Å². The molecule has 1 amide bonds. The lowest BCUT2D eigenvalue weighted by atomic mass is 9.99. The Bertz CT molecular complexity index is 1120. The first-order valence-electron chi connectivity index (χ1n) is 9.77. The lowest BCUT2D eigenvalue weighted by Gasteiger charge is -2.27. The fourth-order valence-corrected chi connectivity index (χ4v) is 3.79. The molecule has 162 valence electrons. The first kappa shape index (κ1) is 20.9. The number of amides is 1. The second kappa shape index (κ2) is 8.05. The molecule has 0 saturated heterocycles. The van der Waals surface area contributed by atoms with Crippen LogP contribution in [0, 0.1) is 0 Å². The quantitative estimate of drug-likeness (QED) is 0.630. The molecule has 2 aromatic heterocycles. The minimum atomic E-state index is -4.45. The van der Waals surface area contributed by atoms with Crippen LogP contribution in [0.5, 0.6) is 5.75 Å². The molecular formula is C22H21F3N4O2. The number of hydrogen-bond acceptors (Lipinski definition) is 4. The highest BCUT2D eigenvalue weighted by molar-refractivity contribution is 5.74. The van der Waals surface area contributed by atoms with Gasteiger partial charge < -0.3 is 9.64 Å². The van der Waals surface area contributed by atoms with E-state index < -0.39 is 11.7 Å². The third-order valence-corrected chi connectivity index (χ3v) is 5.38. The smallest absolute Gasteiger partial charge is 0.416 e. The number of aromatic nitrogens is 3. The van der Waals surface area contributed by atoms with E-state index in [1.165, 1.54) is 13.0 Å². The molecule has 0 unspecified atom stereocenters. The fourth-order valence-electron chi connectivity index (χ4n) is 3.79. The van der Waals surface area contributed by atoms with Crippen molar-refractivity contribution in [2.75, 3.05) is 13.7 Å². The molecule has 31 heavy (non-hydrogen) atoms. The SMILES string of the molecule is COc1ccnc(Cn2nc(-c3cccc(C(F)(F)F)c3)c3c2CCN(C(C)=O)C3)c1. The Kier molecular flexibility index (Phi) is 5.43. The summed E-state index contributed by atoms with van der Waals surface area (Å²) in [5.41, 5.74) is 2.47. The maximum absolute atomic E-state index is 13.3. The van der Waals surface area contributed by atoms with Gasteiger partial charge in [-0.15, -0.1) is 0 Å². The first-order chi connectivity index (χ1) is 14.8. The van der Waals surface area contributed by atoms with E-state index >= 15 is 0 Å². The van der Waals surface area contributed by atoms with Gasteiger partial charge in [0.2, 0.25) is 5.91 Å². The van der Waals surface area contributed by atoms with Gasteiger partial charge in [-0.3, -0.25) is 14.5 Å². The lowest BCUT2D eigenvalue weighted by Crippen LogP contribution is -2.34. The van der Waals surface area contributed by atoms with Gasteiger partial charge in [-0.05, 0) is 18.2 Å². The Morgan fingerprint density at radius 1 is 1.23 bits per heavy atom. The summed E-state index contributed by atoms with van der Waals surface area (Å²) in [7, 11) is 1.57. The van der Waals surface area contributed by atoms with Gasteiger partial charge in [-0.2, -0.15) is 18.3 Å². The van der Waals surface area contributed by atoms with E-state index in [0.29, 0.717) is 48.8 Å². The van der Waals surface area contributed by atoms with Crippen molar-refractivity contribution in [3.05, 3.63) is 65.1 Å². The summed E-state index contributed by atoms with van der Waals surface area (Å²) >= 11 is 0. The molecule has 0 fully saturated rings. The average molecular weight is 430 g/mol. The van der Waals surface area contributed by atoms with Crippen LogP contribution >= 0.6 is 0 Å². The van der Waals surface area contributed by atoms with Crippen molar-refractivity contribution in [1.29, 1.82) is 0 Å². The average Bonchev–Trinajstić information content (AvgIpc) is 3.11. The maximum atomic E-state index is 13.3. The van der Waals surface area contributed by atoms with Crippen molar-refractivity contribution in [3.63, 3.8) is 0 Å². The number of carbonyl (C=O) groups is 1. The van der Waals surface area contributed by atoms with Gasteiger partial charge in [0, 0.05) is 55.5 Å². The Hall–Kier alpha value is -3.36. The summed E-state index contributed by atoms with van der Waals surface area (Å²) in [5.74, 6) is 0.578. The number of pyridine rings is 1. The number of hydrogen-bond donors (Lipinski definition) is 0. The standard InChI is InChI=1S/C22H21F3N4O2/c1-14(30)28-9-7-20-19(13-28)21(15-4-3-5-16(10-15)22(23,24)25)27-29(20)12-17-11-18(31-2)6-8-26-17/h3-6,8,10-11H,7,9,12-13H2,1-2H3. The van der Waals surface area contributed by atoms with Gasteiger partial charge in [0.05, 0.1) is 30.6 Å². The summed E-state index contributed by atoms with van der Waals surface area (Å²) in [6.07, 6.45) is -2.26. The van der Waals surface area contributed by atoms with Crippen LogP contribution in [0.1, 0.15) is 29.4 Å². The third-order valence-electron chi connectivity index (χ3n) is 5.38. The Morgan fingerprint density at radius 3 is 2.74 bits per heavy atom. The van der Waals surface area contributed by atoms with Gasteiger partial charge in [-0.25, -0.2) is 0 Å². The molecule has 0 N–H and O–H groups in total. The van der Waals surface area contributed by atoms with Crippen LogP contribution in [0.3, 0.4) is 0 Å². The third kappa shape index (κ3) is 4.26. The molecule has 0 saturated carbocycles. The molecule has 6 nitrogen and oxygen atoms in total. The summed E-state index contributed by atoms with van der Waals surface area (Å²) < 4.78 is 46.8. The van der Waals surface area contributed by atoms with Gasteiger partial charge >= 0.3 is 6.18 Å². The highest BCUT2D eigenvalue weighted by Crippen LogP contribution is 2.35. The summed E-state index contributed by atoms with van der Waals surface area (Å²) in [6, 6.07) is 8.65. The van der Waals surface area contributed by atoms with Crippen LogP contribution in [0.15, 0.2) is 42.6 Å². The fraction of sp³-hybridized carbons (Fsp3) is 0.318. The molecule has 0 bridgehead atoms. The van der Waals surface area contributed by atoms with Gasteiger partial charge in [0.25, 0.3) is 0 Å². The number of fused-ring (bicyclic) bond motifs is 1. The van der Waals surface area contributed by atoms with E-state index in [0.717, 1.165) is 23.4 Å². The van der Waals surface area contributed by atoms with Crippen LogP contribution in [0.4, 0.5) is 13.2 Å². The lowest BCUT2D eigenvalue weighted by molar-refractivity contribution is -0.137. The van der Waals surface area contributed by atoms with Gasteiger partial charge in [0.1, 0.15) is 5.75 Å². The molecule has 0 aliphatic carbocycles. The van der Waals surface area contributed by atoms with Crippen molar-refractivity contribution >= 4 is 5.91 Å². The normalized spacial score (nSPS) is 13.8. The molecule has 0 spiro atoms. The number of alkyl halides is 3. The predicted octanol–water partition coefficient (Wildman–Crippen LogP) is 3.93. The minimum Gasteiger partial charge on any atom is -0.497 e. The second-order valence-corrected chi connectivity index (χ2v) is 7.39. The van der Waals surface area contributed by atoms with Crippen LogP contribution in [0.25, 0.3) is 11.3 Å². The molecule has 3 aromatic rings. The van der Waals surface area contributed by atoms with Crippen molar-refractivity contribution in [2.24, 2.45) is 0 Å². The van der Waals surface area contributed by atoms with Crippen LogP contribution in [-0.2, 0) is 30.5 Å². The topological polar surface area (TPSA) is 60.2 Å². The Balaban J connectivity index is 1.79. The van der Waals surface area contributed by atoms with Crippen molar-refractivity contribution < 1.29 is 22.7 Å². The van der Waals surface area contributed by atoms with E-state index in [1.807, 2.05) is 0 Å². The molecule has 1 aliphatic heterocycles. The van der Waals surface area contributed by atoms with E-state index in [2.05, 4.69) is 10.1 Å². The minimum absolute atomic E-state index is 0.0807. The molecule has 0 radical (unpaired) electrons. The van der Waals surface area contributed by atoms with Gasteiger partial charge in [0.15, 0.2) is 0 Å². The molecule has 0 atom stereocenters. The molecule has 4 rings (SSSR count). The first-order valence-corrected chi connectivity index (χ1v) is 9.77. The van der Waals surface area contributed by atoms with Crippen molar-refractivity contribution in [1.82, 2.24) is 19.7 Å². The monoisotopic (exact) mass is 430 g/mol. The van der Waals surface area contributed by atoms with Crippen molar-refractivity contribution in [3.8, 4) is 17.0 Å². The molecule has 1 aromatic carbocycles. The van der Waals surface area contributed by atoms with Gasteiger partial charge in [-0.1, -0.05) is 12.1 Å². The summed E-state index contributed by atoms with van der Waals surface area (Å²) in [4.78, 5) is 18.0. The zero-order valence-corrected chi connectivity index (χ0v) is 17.1. The Labute approximate surface area is 177 Å². The number of methoxy groups -OCH3 is 1. The van der Waals surface area contributed by atoms with E-state index in [4.69, 9.17) is 4.74 Å². The van der Waals surface area contributed by atoms with Crippen molar-refractivity contribution in [2.45, 2.75) is 32.6 Å². The molecule has 3 heterocycles. The molecule has 1 aliphatic rings. The van der Waals surface area contributed by atoms with E-state index in [1.54, 1.807) is 41.1 Å². The van der Waals surface area contributed by atoms with Crippen LogP contribution in [-0.4, -0.2) is 39.2 Å². The summed E-state index contributed by atoms with van der Waals surface area (Å²) in [5, 5.41) is 4.66. The number of carbonyl (C=O) groups excluding carboxylic acids is 1. The van der Waals surface area contributed by atoms with E-state index in [9.17, 15) is 18.0 Å². The highest BCUT2D eigenvalue weighted by atomic mass is 19.4. The Morgan fingerprint density at radius 2 is 2.03 bits per heavy atom. The summed E-state index contributed by atoms with van der Waals surface area (Å²) in [6.45, 7) is 2.67. The number of ether oxygens (including phenoxy) is 1. The zero-order chi connectivity index (χ0) is 22.2.